The summed E-state index contributed by atoms with van der Waals surface area (Å²) in [6.07, 6.45) is 0. The summed E-state index contributed by atoms with van der Waals surface area (Å²) >= 11 is 0. The molecule has 3 N–H and O–H groups in total. The summed E-state index contributed by atoms with van der Waals surface area (Å²) in [7, 11) is -4.30. The highest BCUT2D eigenvalue weighted by molar-refractivity contribution is 7.89. The van der Waals surface area contributed by atoms with Crippen molar-refractivity contribution in [1.29, 1.82) is 0 Å². The van der Waals surface area contributed by atoms with Gasteiger partial charge in [0.25, 0.3) is 0 Å². The normalized spacial score (nSPS) is 27.2. The van der Waals surface area contributed by atoms with Gasteiger partial charge < -0.3 is 5.73 Å². The zero-order valence-corrected chi connectivity index (χ0v) is 13.3. The number of nitrogens with one attached hydrogen (secondary N) is 1. The van der Waals surface area contributed by atoms with Crippen LogP contribution in [0.1, 0.15) is 27.7 Å². The molecule has 1 fully saturated rings. The molecule has 7 heteroatoms. The maximum Gasteiger partial charge on any atom is 0.246 e. The minimum Gasteiger partial charge on any atom is -0.327 e. The molecule has 0 saturated heterocycles. The number of nitrogens with two attached hydrogens (primary N) is 1. The Balaban J connectivity index is 2.40. The average molecular weight is 318 g/mol. The van der Waals surface area contributed by atoms with E-state index in [1.54, 1.807) is 0 Å². The maximum absolute atomic E-state index is 13.7. The van der Waals surface area contributed by atoms with Crippen molar-refractivity contribution in [3.05, 3.63) is 29.8 Å². The molecule has 118 valence electrons. The number of sulfonamides is 1. The van der Waals surface area contributed by atoms with Gasteiger partial charge in [-0.05, 0) is 23.0 Å². The quantitative estimate of drug-likeness (QED) is 0.895. The van der Waals surface area contributed by atoms with Crippen molar-refractivity contribution in [3.63, 3.8) is 0 Å². The van der Waals surface area contributed by atoms with Crippen LogP contribution >= 0.6 is 0 Å². The third kappa shape index (κ3) is 2.37. The highest BCUT2D eigenvalue weighted by Gasteiger charge is 2.61. The number of rotatable bonds is 3. The molecule has 0 aromatic heterocycles. The van der Waals surface area contributed by atoms with Crippen LogP contribution in [0.15, 0.2) is 23.1 Å². The summed E-state index contributed by atoms with van der Waals surface area (Å²) < 4.78 is 54.5. The molecule has 1 aliphatic rings. The Morgan fingerprint density at radius 1 is 1.10 bits per heavy atom. The van der Waals surface area contributed by atoms with Gasteiger partial charge in [-0.1, -0.05) is 33.8 Å². The second-order valence-corrected chi connectivity index (χ2v) is 8.38. The summed E-state index contributed by atoms with van der Waals surface area (Å²) in [6.45, 7) is 7.31. The van der Waals surface area contributed by atoms with Gasteiger partial charge in [0.05, 0.1) is 0 Å². The number of benzene rings is 1. The van der Waals surface area contributed by atoms with Crippen molar-refractivity contribution < 1.29 is 17.2 Å². The topological polar surface area (TPSA) is 72.2 Å². The van der Waals surface area contributed by atoms with Crippen LogP contribution in [-0.2, 0) is 10.0 Å². The van der Waals surface area contributed by atoms with Crippen LogP contribution in [0.3, 0.4) is 0 Å². The van der Waals surface area contributed by atoms with E-state index < -0.39 is 43.4 Å². The van der Waals surface area contributed by atoms with E-state index in [2.05, 4.69) is 4.72 Å². The molecule has 1 aliphatic carbocycles. The Kier molecular flexibility index (Phi) is 3.67. The molecule has 0 aliphatic heterocycles. The zero-order chi connectivity index (χ0) is 16.2. The molecule has 4 nitrogen and oxygen atoms in total. The summed E-state index contributed by atoms with van der Waals surface area (Å²) in [6, 6.07) is 2.23. The van der Waals surface area contributed by atoms with Crippen LogP contribution in [0.2, 0.25) is 0 Å². The molecule has 0 atom stereocenters. The fraction of sp³-hybridized carbons (Fsp3) is 0.571. The number of halogens is 2. The first-order valence-electron chi connectivity index (χ1n) is 6.64. The van der Waals surface area contributed by atoms with Crippen molar-refractivity contribution in [2.75, 3.05) is 0 Å². The van der Waals surface area contributed by atoms with Crippen LogP contribution in [0, 0.1) is 22.5 Å². The fourth-order valence-corrected chi connectivity index (χ4v) is 5.12. The van der Waals surface area contributed by atoms with Crippen LogP contribution in [0.4, 0.5) is 8.78 Å². The van der Waals surface area contributed by atoms with Crippen LogP contribution in [0.25, 0.3) is 0 Å². The van der Waals surface area contributed by atoms with E-state index in [1.165, 1.54) is 0 Å². The first-order chi connectivity index (χ1) is 9.42. The van der Waals surface area contributed by atoms with Gasteiger partial charge in [-0.25, -0.2) is 21.9 Å². The molecular formula is C14H20F2N2O2S. The molecule has 0 unspecified atom stereocenters. The molecule has 0 heterocycles. The lowest BCUT2D eigenvalue weighted by molar-refractivity contribution is -0.0594. The van der Waals surface area contributed by atoms with E-state index in [9.17, 15) is 17.2 Å². The SMILES string of the molecule is CC1(C)C(N)C(C)(C)C1NS(=O)(=O)c1c(F)cccc1F. The van der Waals surface area contributed by atoms with Crippen molar-refractivity contribution in [2.24, 2.45) is 16.6 Å². The van der Waals surface area contributed by atoms with Crippen molar-refractivity contribution in [2.45, 2.75) is 44.7 Å². The van der Waals surface area contributed by atoms with Gasteiger partial charge in [-0.2, -0.15) is 0 Å². The predicted molar refractivity (Wildman–Crippen MR) is 76.0 cm³/mol. The summed E-state index contributed by atoms with van der Waals surface area (Å²) in [5.74, 6) is -2.22. The average Bonchev–Trinajstić information content (AvgIpc) is 2.34. The van der Waals surface area contributed by atoms with E-state index >= 15 is 0 Å². The number of hydrogen-bond donors (Lipinski definition) is 2. The lowest BCUT2D eigenvalue weighted by Gasteiger charge is -2.62. The highest BCUT2D eigenvalue weighted by atomic mass is 32.2. The molecule has 1 saturated carbocycles. The van der Waals surface area contributed by atoms with Crippen LogP contribution < -0.4 is 10.5 Å². The summed E-state index contributed by atoms with van der Waals surface area (Å²) in [5.41, 5.74) is 5.06. The second kappa shape index (κ2) is 4.72. The lowest BCUT2D eigenvalue weighted by atomic mass is 9.49. The maximum atomic E-state index is 13.7. The third-order valence-electron chi connectivity index (χ3n) is 4.55. The lowest BCUT2D eigenvalue weighted by Crippen LogP contribution is -2.76. The predicted octanol–water partition coefficient (Wildman–Crippen LogP) is 2.00. The van der Waals surface area contributed by atoms with Crippen molar-refractivity contribution in [1.82, 2.24) is 4.72 Å². The van der Waals surface area contributed by atoms with Crippen LogP contribution in [-0.4, -0.2) is 20.5 Å². The van der Waals surface area contributed by atoms with E-state index in [4.69, 9.17) is 5.73 Å². The standard InChI is InChI=1S/C14H20F2N2O2S/c1-13(2)11(17)14(3,4)12(13)18-21(19,20)10-8(15)6-5-7-9(10)16/h5-7,11-12,18H,17H2,1-4H3. The number of hydrogen-bond acceptors (Lipinski definition) is 3. The molecule has 0 amide bonds. The smallest absolute Gasteiger partial charge is 0.246 e. The Hall–Kier alpha value is -1.05. The van der Waals surface area contributed by atoms with Gasteiger partial charge in [0.1, 0.15) is 11.6 Å². The molecule has 0 radical (unpaired) electrons. The highest BCUT2D eigenvalue weighted by Crippen LogP contribution is 2.53. The van der Waals surface area contributed by atoms with E-state index in [0.717, 1.165) is 18.2 Å². The Morgan fingerprint density at radius 3 is 1.95 bits per heavy atom. The summed E-state index contributed by atoms with van der Waals surface area (Å²) in [5, 5.41) is 0. The minimum absolute atomic E-state index is 0.219. The van der Waals surface area contributed by atoms with Crippen molar-refractivity contribution in [3.8, 4) is 0 Å². The Morgan fingerprint density at radius 2 is 1.52 bits per heavy atom. The minimum atomic E-state index is -4.30. The summed E-state index contributed by atoms with van der Waals surface area (Å²) in [4.78, 5) is -0.947. The molecule has 0 spiro atoms. The molecule has 21 heavy (non-hydrogen) atoms. The molecule has 1 aromatic carbocycles. The monoisotopic (exact) mass is 318 g/mol. The Labute approximate surface area is 123 Å². The van der Waals surface area contributed by atoms with Gasteiger partial charge in [-0.15, -0.1) is 0 Å². The molecule has 1 aromatic rings. The van der Waals surface area contributed by atoms with Crippen molar-refractivity contribution >= 4 is 10.0 Å². The van der Waals surface area contributed by atoms with Gasteiger partial charge in [0.15, 0.2) is 4.90 Å². The first kappa shape index (κ1) is 16.3. The van der Waals surface area contributed by atoms with E-state index in [1.807, 2.05) is 27.7 Å². The molecule has 2 rings (SSSR count). The van der Waals surface area contributed by atoms with Gasteiger partial charge in [0, 0.05) is 12.1 Å². The fourth-order valence-electron chi connectivity index (χ4n) is 3.44. The zero-order valence-electron chi connectivity index (χ0n) is 12.4. The van der Waals surface area contributed by atoms with E-state index in [0.29, 0.717) is 0 Å². The third-order valence-corrected chi connectivity index (χ3v) is 6.03. The Bertz CT molecular complexity index is 635. The van der Waals surface area contributed by atoms with Crippen LogP contribution in [0.5, 0.6) is 0 Å². The molecular weight excluding hydrogens is 298 g/mol. The largest absolute Gasteiger partial charge is 0.327 e. The molecule has 0 bridgehead atoms. The second-order valence-electron chi connectivity index (χ2n) is 6.73. The first-order valence-corrected chi connectivity index (χ1v) is 8.12. The van der Waals surface area contributed by atoms with E-state index in [-0.39, 0.29) is 6.04 Å². The van der Waals surface area contributed by atoms with Gasteiger partial charge in [0.2, 0.25) is 10.0 Å². The van der Waals surface area contributed by atoms with Gasteiger partial charge >= 0.3 is 0 Å². The van der Waals surface area contributed by atoms with Gasteiger partial charge in [-0.3, -0.25) is 0 Å².